The number of hydrogen-bond acceptors (Lipinski definition) is 3. The molecule has 0 radical (unpaired) electrons. The Balaban J connectivity index is 3.18. The first-order valence-corrected chi connectivity index (χ1v) is 5.47. The van der Waals surface area contributed by atoms with Crippen molar-refractivity contribution in [1.29, 1.82) is 0 Å². The lowest BCUT2D eigenvalue weighted by Gasteiger charge is -2.23. The number of aromatic hydroxyl groups is 2. The number of phenolic OH excluding ortho intramolecular Hbond substituents is 2. The van der Waals surface area contributed by atoms with Gasteiger partial charge in [0.1, 0.15) is 0 Å². The summed E-state index contributed by atoms with van der Waals surface area (Å²) in [7, 11) is 0. The number of benzene rings is 1. The van der Waals surface area contributed by atoms with Crippen molar-refractivity contribution in [2.45, 2.75) is 20.3 Å². The average Bonchev–Trinajstić information content (AvgIpc) is 2.29. The number of anilines is 1. The van der Waals surface area contributed by atoms with Crippen LogP contribution >= 0.6 is 0 Å². The lowest BCUT2D eigenvalue weighted by Crippen LogP contribution is -2.32. The molecule has 0 bridgehead atoms. The molecule has 0 aliphatic rings. The molecule has 17 heavy (non-hydrogen) atoms. The topological polar surface area (TPSA) is 60.8 Å². The summed E-state index contributed by atoms with van der Waals surface area (Å²) in [4.78, 5) is 13.3. The van der Waals surface area contributed by atoms with E-state index in [-0.39, 0.29) is 17.4 Å². The Hall–Kier alpha value is -1.97. The highest BCUT2D eigenvalue weighted by Crippen LogP contribution is 2.35. The van der Waals surface area contributed by atoms with Gasteiger partial charge in [0.05, 0.1) is 5.69 Å². The first-order valence-electron chi connectivity index (χ1n) is 5.47. The second kappa shape index (κ2) is 5.39. The molecule has 4 heteroatoms. The van der Waals surface area contributed by atoms with Gasteiger partial charge in [0.25, 0.3) is 5.91 Å². The van der Waals surface area contributed by atoms with Gasteiger partial charge in [-0.15, -0.1) is 0 Å². The number of carbonyl (C=O) groups is 1. The van der Waals surface area contributed by atoms with Gasteiger partial charge < -0.3 is 15.1 Å². The van der Waals surface area contributed by atoms with Crippen LogP contribution in [0.2, 0.25) is 0 Å². The Bertz CT molecular complexity index is 440. The second-order valence-corrected chi connectivity index (χ2v) is 3.88. The van der Waals surface area contributed by atoms with E-state index in [4.69, 9.17) is 0 Å². The van der Waals surface area contributed by atoms with E-state index < -0.39 is 0 Å². The number of para-hydroxylation sites is 1. The van der Waals surface area contributed by atoms with Crippen molar-refractivity contribution in [3.8, 4) is 11.5 Å². The predicted molar refractivity (Wildman–Crippen MR) is 67.2 cm³/mol. The summed E-state index contributed by atoms with van der Waals surface area (Å²) in [6, 6.07) is 4.54. The molecule has 0 atom stereocenters. The molecule has 92 valence electrons. The van der Waals surface area contributed by atoms with Gasteiger partial charge in [-0.05, 0) is 25.5 Å². The Morgan fingerprint density at radius 3 is 2.59 bits per heavy atom. The van der Waals surface area contributed by atoms with Crippen LogP contribution < -0.4 is 4.90 Å². The highest BCUT2D eigenvalue weighted by molar-refractivity contribution is 6.05. The van der Waals surface area contributed by atoms with Gasteiger partial charge >= 0.3 is 0 Å². The molecule has 1 aromatic rings. The minimum absolute atomic E-state index is 0.238. The Morgan fingerprint density at radius 1 is 1.41 bits per heavy atom. The normalized spacial score (nSPS) is 10.0. The molecule has 0 aliphatic carbocycles. The van der Waals surface area contributed by atoms with Gasteiger partial charge in [-0.2, -0.15) is 0 Å². The van der Waals surface area contributed by atoms with Crippen LogP contribution in [0.3, 0.4) is 0 Å². The predicted octanol–water partition coefficient (Wildman–Crippen LogP) is 2.42. The monoisotopic (exact) mass is 235 g/mol. The van der Waals surface area contributed by atoms with Crippen LogP contribution in [0.1, 0.15) is 20.3 Å². The molecule has 1 aromatic carbocycles. The standard InChI is InChI=1S/C13H17NO3/c1-4-8-14(13(17)9(2)3)10-6-5-7-11(15)12(10)16/h5-7,15-16H,2,4,8H2,1,3H3. The zero-order chi connectivity index (χ0) is 13.0. The summed E-state index contributed by atoms with van der Waals surface area (Å²) in [6.07, 6.45) is 0.744. The van der Waals surface area contributed by atoms with E-state index in [1.807, 2.05) is 6.92 Å². The molecule has 0 aliphatic heterocycles. The number of rotatable bonds is 4. The van der Waals surface area contributed by atoms with E-state index in [1.165, 1.54) is 11.0 Å². The minimum atomic E-state index is -0.282. The van der Waals surface area contributed by atoms with Crippen molar-refractivity contribution in [3.63, 3.8) is 0 Å². The highest BCUT2D eigenvalue weighted by atomic mass is 16.3. The van der Waals surface area contributed by atoms with E-state index in [0.29, 0.717) is 17.8 Å². The van der Waals surface area contributed by atoms with Crippen molar-refractivity contribution in [3.05, 3.63) is 30.4 Å². The van der Waals surface area contributed by atoms with Crippen molar-refractivity contribution in [2.24, 2.45) is 0 Å². The molecule has 0 unspecified atom stereocenters. The highest BCUT2D eigenvalue weighted by Gasteiger charge is 2.19. The van der Waals surface area contributed by atoms with Gasteiger partial charge in [-0.3, -0.25) is 4.79 Å². The van der Waals surface area contributed by atoms with E-state index in [1.54, 1.807) is 19.1 Å². The fourth-order valence-corrected chi connectivity index (χ4v) is 1.52. The molecule has 0 fully saturated rings. The van der Waals surface area contributed by atoms with Crippen molar-refractivity contribution < 1.29 is 15.0 Å². The van der Waals surface area contributed by atoms with Gasteiger partial charge in [-0.1, -0.05) is 19.6 Å². The summed E-state index contributed by atoms with van der Waals surface area (Å²) in [5.41, 5.74) is 0.695. The maximum absolute atomic E-state index is 11.9. The third kappa shape index (κ3) is 2.78. The molecule has 0 heterocycles. The third-order valence-corrected chi connectivity index (χ3v) is 2.34. The van der Waals surface area contributed by atoms with Crippen LogP contribution in [-0.4, -0.2) is 22.7 Å². The fraction of sp³-hybridized carbons (Fsp3) is 0.308. The number of amides is 1. The summed E-state index contributed by atoms with van der Waals surface area (Å²) in [5, 5.41) is 19.2. The number of hydrogen-bond donors (Lipinski definition) is 2. The molecule has 1 rings (SSSR count). The van der Waals surface area contributed by atoms with E-state index in [0.717, 1.165) is 6.42 Å². The van der Waals surface area contributed by atoms with Gasteiger partial charge in [0.15, 0.2) is 11.5 Å². The van der Waals surface area contributed by atoms with Gasteiger partial charge in [-0.25, -0.2) is 0 Å². The van der Waals surface area contributed by atoms with Crippen LogP contribution in [0.25, 0.3) is 0 Å². The van der Waals surface area contributed by atoms with Crippen molar-refractivity contribution in [1.82, 2.24) is 0 Å². The number of carbonyl (C=O) groups excluding carboxylic acids is 1. The second-order valence-electron chi connectivity index (χ2n) is 3.88. The van der Waals surface area contributed by atoms with Crippen LogP contribution in [0.15, 0.2) is 30.4 Å². The molecule has 2 N–H and O–H groups in total. The zero-order valence-electron chi connectivity index (χ0n) is 10.1. The lowest BCUT2D eigenvalue weighted by molar-refractivity contribution is -0.115. The number of nitrogens with zero attached hydrogens (tertiary/aromatic N) is 1. The summed E-state index contributed by atoms with van der Waals surface area (Å²) in [5.74, 6) is -0.776. The van der Waals surface area contributed by atoms with E-state index in [2.05, 4.69) is 6.58 Å². The Morgan fingerprint density at radius 2 is 2.06 bits per heavy atom. The SMILES string of the molecule is C=C(C)C(=O)N(CCC)c1cccc(O)c1O. The Labute approximate surface area is 101 Å². The smallest absolute Gasteiger partial charge is 0.253 e. The number of phenols is 2. The largest absolute Gasteiger partial charge is 0.504 e. The molecule has 0 saturated heterocycles. The van der Waals surface area contributed by atoms with Crippen molar-refractivity contribution >= 4 is 11.6 Å². The molecule has 0 saturated carbocycles. The average molecular weight is 235 g/mol. The van der Waals surface area contributed by atoms with Crippen LogP contribution in [-0.2, 0) is 4.79 Å². The quantitative estimate of drug-likeness (QED) is 0.622. The summed E-state index contributed by atoms with van der Waals surface area (Å²) < 4.78 is 0. The molecule has 0 spiro atoms. The first kappa shape index (κ1) is 13.1. The fourth-order valence-electron chi connectivity index (χ4n) is 1.52. The van der Waals surface area contributed by atoms with Crippen LogP contribution in [0.5, 0.6) is 11.5 Å². The molecule has 0 aromatic heterocycles. The maximum Gasteiger partial charge on any atom is 0.253 e. The molecular weight excluding hydrogens is 218 g/mol. The minimum Gasteiger partial charge on any atom is -0.504 e. The molecule has 1 amide bonds. The lowest BCUT2D eigenvalue weighted by atomic mass is 10.2. The van der Waals surface area contributed by atoms with Gasteiger partial charge in [0, 0.05) is 12.1 Å². The first-order chi connectivity index (χ1) is 7.99. The van der Waals surface area contributed by atoms with Crippen LogP contribution in [0.4, 0.5) is 5.69 Å². The van der Waals surface area contributed by atoms with Gasteiger partial charge in [0.2, 0.25) is 0 Å². The third-order valence-electron chi connectivity index (χ3n) is 2.34. The Kier molecular flexibility index (Phi) is 4.15. The van der Waals surface area contributed by atoms with Crippen LogP contribution in [0, 0.1) is 0 Å². The van der Waals surface area contributed by atoms with E-state index >= 15 is 0 Å². The van der Waals surface area contributed by atoms with E-state index in [9.17, 15) is 15.0 Å². The summed E-state index contributed by atoms with van der Waals surface area (Å²) in [6.45, 7) is 7.61. The zero-order valence-corrected chi connectivity index (χ0v) is 10.1. The summed E-state index contributed by atoms with van der Waals surface area (Å²) >= 11 is 0. The molecular formula is C13H17NO3. The maximum atomic E-state index is 11.9. The van der Waals surface area contributed by atoms with Crippen molar-refractivity contribution in [2.75, 3.05) is 11.4 Å². The molecule has 4 nitrogen and oxygen atoms in total.